The highest BCUT2D eigenvalue weighted by atomic mass is 35.5. The number of hydrogen-bond acceptors (Lipinski definition) is 4. The SMILES string of the molecule is Cc1cccc[n+]1CCCC(=O)CCCSSCCNC(=O)CCC[n+]1ccccc1C.[Cl-].[Cl-]. The van der Waals surface area contributed by atoms with Crippen LogP contribution in [0.5, 0.6) is 0 Å². The number of Topliss-reactive ketones (excluding diaryl/α,β-unsaturated/α-hetero) is 1. The van der Waals surface area contributed by atoms with E-state index in [1.165, 1.54) is 11.4 Å². The molecule has 0 bridgehead atoms. The van der Waals surface area contributed by atoms with E-state index in [2.05, 4.69) is 52.8 Å². The number of rotatable bonds is 16. The number of halogens is 2. The summed E-state index contributed by atoms with van der Waals surface area (Å²) >= 11 is 0. The molecule has 190 valence electrons. The Kier molecular flexibility index (Phi) is 19.2. The molecule has 5 nitrogen and oxygen atoms in total. The second-order valence-corrected chi connectivity index (χ2v) is 10.6. The van der Waals surface area contributed by atoms with Crippen molar-refractivity contribution in [3.8, 4) is 0 Å². The standard InChI is InChI=1S/C25H36N3O2S2.2ClH/c1-22-10-3-5-16-27(22)18-7-12-24(29)13-9-20-31-32-21-15-26-25(30)14-8-19-28-17-6-4-11-23(28)2;;/h3-6,10-11,16-17H,7-9,12-15,18-21H2,1-2H3;2*1H/q+1;;/p-1. The van der Waals surface area contributed by atoms with Gasteiger partial charge in [0, 0.05) is 88.3 Å². The fourth-order valence-electron chi connectivity index (χ4n) is 3.37. The van der Waals surface area contributed by atoms with E-state index in [-0.39, 0.29) is 30.7 Å². The van der Waals surface area contributed by atoms with E-state index in [9.17, 15) is 9.59 Å². The van der Waals surface area contributed by atoms with Crippen LogP contribution in [-0.2, 0) is 22.7 Å². The van der Waals surface area contributed by atoms with E-state index in [0.717, 1.165) is 43.9 Å². The molecular weight excluding hydrogens is 509 g/mol. The van der Waals surface area contributed by atoms with Gasteiger partial charge in [-0.3, -0.25) is 9.59 Å². The molecular formula is C25H37Cl2N3O2S2. The second-order valence-electron chi connectivity index (χ2n) is 7.91. The molecule has 1 N–H and O–H groups in total. The number of hydrogen-bond donors (Lipinski definition) is 1. The number of nitrogens with one attached hydrogen (secondary N) is 1. The predicted molar refractivity (Wildman–Crippen MR) is 133 cm³/mol. The molecule has 2 heterocycles. The van der Waals surface area contributed by atoms with E-state index >= 15 is 0 Å². The highest BCUT2D eigenvalue weighted by Crippen LogP contribution is 2.22. The Hall–Kier alpha value is -1.28. The first-order valence-corrected chi connectivity index (χ1v) is 14.0. The molecule has 0 radical (unpaired) electrons. The van der Waals surface area contributed by atoms with Gasteiger partial charge in [0.25, 0.3) is 0 Å². The molecule has 0 aliphatic heterocycles. The van der Waals surface area contributed by atoms with Gasteiger partial charge in [0.05, 0.1) is 0 Å². The molecule has 2 aromatic rings. The molecule has 2 aromatic heterocycles. The number of ketones is 1. The molecule has 0 unspecified atom stereocenters. The fourth-order valence-corrected chi connectivity index (χ4v) is 5.37. The summed E-state index contributed by atoms with van der Waals surface area (Å²) in [6, 6.07) is 12.3. The van der Waals surface area contributed by atoms with Crippen LogP contribution in [0.2, 0.25) is 0 Å². The first-order chi connectivity index (χ1) is 15.6. The molecule has 2 rings (SSSR count). The first kappa shape index (κ1) is 32.7. The summed E-state index contributed by atoms with van der Waals surface area (Å²) in [7, 11) is 3.56. The largest absolute Gasteiger partial charge is 1.00 e. The highest BCUT2D eigenvalue weighted by Gasteiger charge is 2.08. The minimum atomic E-state index is 0. The minimum Gasteiger partial charge on any atom is -1.00 e. The van der Waals surface area contributed by atoms with Gasteiger partial charge in [-0.25, -0.2) is 9.13 Å². The fraction of sp³-hybridized carbons (Fsp3) is 0.520. The maximum Gasteiger partial charge on any atom is 0.220 e. The maximum atomic E-state index is 12.0. The van der Waals surface area contributed by atoms with Crippen molar-refractivity contribution in [3.63, 3.8) is 0 Å². The lowest BCUT2D eigenvalue weighted by Crippen LogP contribution is -3.00. The third kappa shape index (κ3) is 14.2. The smallest absolute Gasteiger partial charge is 0.220 e. The van der Waals surface area contributed by atoms with Crippen LogP contribution in [0.15, 0.2) is 48.8 Å². The van der Waals surface area contributed by atoms with Gasteiger partial charge in [0.1, 0.15) is 18.9 Å². The lowest BCUT2D eigenvalue weighted by atomic mass is 10.1. The Balaban J connectivity index is 0.00000544. The monoisotopic (exact) mass is 545 g/mol. The zero-order chi connectivity index (χ0) is 23.0. The van der Waals surface area contributed by atoms with Gasteiger partial charge in [0.15, 0.2) is 23.8 Å². The summed E-state index contributed by atoms with van der Waals surface area (Å²) in [5.74, 6) is 2.36. The van der Waals surface area contributed by atoms with Crippen LogP contribution < -0.4 is 39.3 Å². The van der Waals surface area contributed by atoms with Crippen molar-refractivity contribution >= 4 is 33.3 Å². The van der Waals surface area contributed by atoms with Crippen molar-refractivity contribution in [2.75, 3.05) is 18.1 Å². The number of carbonyl (C=O) groups is 2. The number of pyridine rings is 2. The third-order valence-corrected chi connectivity index (χ3v) is 7.76. The van der Waals surface area contributed by atoms with Crippen molar-refractivity contribution in [2.45, 2.75) is 65.5 Å². The van der Waals surface area contributed by atoms with Gasteiger partial charge in [-0.15, -0.1) is 0 Å². The molecule has 0 spiro atoms. The van der Waals surface area contributed by atoms with E-state index < -0.39 is 0 Å². The quantitative estimate of drug-likeness (QED) is 0.150. The number of carbonyl (C=O) groups excluding carboxylic acids is 2. The van der Waals surface area contributed by atoms with Crippen LogP contribution in [-0.4, -0.2) is 29.7 Å². The Morgan fingerprint density at radius 2 is 1.29 bits per heavy atom. The highest BCUT2D eigenvalue weighted by molar-refractivity contribution is 8.76. The lowest BCUT2D eigenvalue weighted by molar-refractivity contribution is -0.703. The van der Waals surface area contributed by atoms with Gasteiger partial charge in [-0.2, -0.15) is 0 Å². The molecule has 0 saturated carbocycles. The van der Waals surface area contributed by atoms with Crippen LogP contribution in [0, 0.1) is 13.8 Å². The Morgan fingerprint density at radius 1 is 0.765 bits per heavy atom. The van der Waals surface area contributed by atoms with Crippen molar-refractivity contribution in [1.29, 1.82) is 0 Å². The Morgan fingerprint density at radius 3 is 1.88 bits per heavy atom. The predicted octanol–water partition coefficient (Wildman–Crippen LogP) is -2.01. The molecule has 0 atom stereocenters. The van der Waals surface area contributed by atoms with Crippen LogP contribution >= 0.6 is 21.6 Å². The van der Waals surface area contributed by atoms with Crippen molar-refractivity contribution < 1.29 is 43.5 Å². The van der Waals surface area contributed by atoms with Crippen molar-refractivity contribution in [2.24, 2.45) is 0 Å². The molecule has 0 aliphatic rings. The van der Waals surface area contributed by atoms with Gasteiger partial charge in [0.2, 0.25) is 5.91 Å². The normalized spacial score (nSPS) is 10.2. The minimum absolute atomic E-state index is 0. The topological polar surface area (TPSA) is 53.9 Å². The summed E-state index contributed by atoms with van der Waals surface area (Å²) in [6.07, 6.45) is 8.69. The molecule has 34 heavy (non-hydrogen) atoms. The molecule has 0 saturated heterocycles. The Labute approximate surface area is 225 Å². The van der Waals surface area contributed by atoms with Crippen LogP contribution in [0.4, 0.5) is 0 Å². The molecule has 9 heteroatoms. The summed E-state index contributed by atoms with van der Waals surface area (Å²) in [6.45, 7) is 6.64. The first-order valence-electron chi connectivity index (χ1n) is 11.5. The summed E-state index contributed by atoms with van der Waals surface area (Å²) in [5.41, 5.74) is 2.44. The Bertz CT molecular complexity index is 787. The van der Waals surface area contributed by atoms with Crippen molar-refractivity contribution in [3.05, 3.63) is 60.2 Å². The van der Waals surface area contributed by atoms with E-state index in [1.807, 2.05) is 24.3 Å². The number of aryl methyl sites for hydroxylation is 4. The van der Waals surface area contributed by atoms with Crippen LogP contribution in [0.1, 0.15) is 49.9 Å². The molecule has 1 amide bonds. The second kappa shape index (κ2) is 20.0. The van der Waals surface area contributed by atoms with Gasteiger partial charge in [-0.05, 0) is 6.42 Å². The van der Waals surface area contributed by atoms with E-state index in [4.69, 9.17) is 0 Å². The van der Waals surface area contributed by atoms with Gasteiger partial charge >= 0.3 is 0 Å². The van der Waals surface area contributed by atoms with Crippen LogP contribution in [0.3, 0.4) is 0 Å². The van der Waals surface area contributed by atoms with E-state index in [0.29, 0.717) is 31.6 Å². The summed E-state index contributed by atoms with van der Waals surface area (Å²) in [4.78, 5) is 24.0. The van der Waals surface area contributed by atoms with Crippen LogP contribution in [0.25, 0.3) is 0 Å². The average Bonchev–Trinajstić information content (AvgIpc) is 2.78. The zero-order valence-corrected chi connectivity index (χ0v) is 23.3. The average molecular weight is 547 g/mol. The summed E-state index contributed by atoms with van der Waals surface area (Å²) < 4.78 is 4.37. The van der Waals surface area contributed by atoms with Gasteiger partial charge in [-0.1, -0.05) is 33.7 Å². The van der Waals surface area contributed by atoms with Crippen molar-refractivity contribution in [1.82, 2.24) is 5.32 Å². The zero-order valence-electron chi connectivity index (χ0n) is 20.2. The number of nitrogens with zero attached hydrogens (tertiary/aromatic N) is 2. The number of aromatic nitrogens is 2. The molecule has 0 aromatic carbocycles. The molecule has 0 fully saturated rings. The number of amides is 1. The van der Waals surface area contributed by atoms with Gasteiger partial charge < -0.3 is 30.1 Å². The lowest BCUT2D eigenvalue weighted by Gasteiger charge is -2.05. The molecule has 0 aliphatic carbocycles. The van der Waals surface area contributed by atoms with E-state index in [1.54, 1.807) is 21.6 Å². The third-order valence-electron chi connectivity index (χ3n) is 5.27. The maximum absolute atomic E-state index is 12.0. The summed E-state index contributed by atoms with van der Waals surface area (Å²) in [5, 5.41) is 2.99.